The van der Waals surface area contributed by atoms with Crippen molar-refractivity contribution in [2.45, 2.75) is 33.2 Å². The molecule has 0 aliphatic heterocycles. The summed E-state index contributed by atoms with van der Waals surface area (Å²) in [6, 6.07) is 6.43. The van der Waals surface area contributed by atoms with Crippen LogP contribution in [0.25, 0.3) is 17.1 Å². The van der Waals surface area contributed by atoms with Gasteiger partial charge >= 0.3 is 0 Å². The Hall–Kier alpha value is -2.90. The van der Waals surface area contributed by atoms with Crippen molar-refractivity contribution >= 4 is 5.82 Å². The van der Waals surface area contributed by atoms with Gasteiger partial charge in [-0.25, -0.2) is 13.8 Å². The lowest BCUT2D eigenvalue weighted by molar-refractivity contribution is 0.495. The summed E-state index contributed by atoms with van der Waals surface area (Å²) in [6.45, 7) is 7.46. The number of hydrogen-bond acceptors (Lipinski definition) is 5. The van der Waals surface area contributed by atoms with Crippen LogP contribution in [0.5, 0.6) is 0 Å². The molecule has 130 valence electrons. The minimum Gasteiger partial charge on any atom is -0.365 e. The maximum absolute atomic E-state index is 14.4. The summed E-state index contributed by atoms with van der Waals surface area (Å²) in [6.07, 6.45) is 1.64. The van der Waals surface area contributed by atoms with Crippen LogP contribution in [0.4, 0.5) is 14.6 Å². The second kappa shape index (κ2) is 6.19. The lowest BCUT2D eigenvalue weighted by atomic mass is 10.1. The fraction of sp³-hybridized carbons (Fsp3) is 0.294. The molecule has 2 aromatic heterocycles. The number of hydrogen-bond donors (Lipinski definition) is 1. The minimum absolute atomic E-state index is 0.0614. The largest absolute Gasteiger partial charge is 0.365 e. The Morgan fingerprint density at radius 2 is 1.84 bits per heavy atom. The number of nitrogens with zero attached hydrogens (tertiary/aromatic N) is 5. The molecule has 25 heavy (non-hydrogen) atoms. The molecule has 0 spiro atoms. The molecule has 0 aliphatic carbocycles. The molecule has 0 fully saturated rings. The first kappa shape index (κ1) is 16.9. The van der Waals surface area contributed by atoms with Crippen molar-refractivity contribution in [1.82, 2.24) is 25.2 Å². The maximum atomic E-state index is 14.4. The number of anilines is 1. The van der Waals surface area contributed by atoms with Crippen LogP contribution in [0, 0.1) is 18.6 Å². The molecule has 3 aromatic rings. The third-order valence-electron chi connectivity index (χ3n) is 3.49. The Bertz CT molecular complexity index is 914. The number of aromatic nitrogens is 5. The van der Waals surface area contributed by atoms with Crippen molar-refractivity contribution in [3.63, 3.8) is 0 Å². The van der Waals surface area contributed by atoms with E-state index in [4.69, 9.17) is 0 Å². The molecular weight excluding hydrogens is 326 g/mol. The number of tetrazole rings is 1. The lowest BCUT2D eigenvalue weighted by Crippen LogP contribution is -2.27. The molecule has 0 saturated carbocycles. The third kappa shape index (κ3) is 3.33. The molecule has 6 nitrogen and oxygen atoms in total. The van der Waals surface area contributed by atoms with E-state index in [1.165, 1.54) is 23.7 Å². The second-order valence-electron chi connectivity index (χ2n) is 6.72. The number of aryl methyl sites for hydroxylation is 1. The predicted octanol–water partition coefficient (Wildman–Crippen LogP) is 3.52. The Morgan fingerprint density at radius 1 is 1.08 bits per heavy atom. The quantitative estimate of drug-likeness (QED) is 0.787. The number of benzene rings is 1. The lowest BCUT2D eigenvalue weighted by Gasteiger charge is -2.22. The van der Waals surface area contributed by atoms with Gasteiger partial charge in [-0.1, -0.05) is 6.07 Å². The Labute approximate surface area is 143 Å². The first-order chi connectivity index (χ1) is 11.8. The van der Waals surface area contributed by atoms with Crippen molar-refractivity contribution in [3.05, 3.63) is 47.7 Å². The van der Waals surface area contributed by atoms with Gasteiger partial charge in [0.2, 0.25) is 0 Å². The summed E-state index contributed by atoms with van der Waals surface area (Å²) in [5.41, 5.74) is 0.492. The molecule has 3 rings (SSSR count). The van der Waals surface area contributed by atoms with Gasteiger partial charge in [0, 0.05) is 11.7 Å². The number of halogens is 2. The van der Waals surface area contributed by atoms with E-state index >= 15 is 0 Å². The second-order valence-corrected chi connectivity index (χ2v) is 6.72. The number of pyridine rings is 1. The van der Waals surface area contributed by atoms with E-state index in [9.17, 15) is 8.78 Å². The summed E-state index contributed by atoms with van der Waals surface area (Å²) in [4.78, 5) is 4.32. The summed E-state index contributed by atoms with van der Waals surface area (Å²) >= 11 is 0. The maximum Gasteiger partial charge on any atom is 0.190 e. The van der Waals surface area contributed by atoms with Gasteiger partial charge in [0.25, 0.3) is 0 Å². The topological polar surface area (TPSA) is 68.5 Å². The molecule has 1 N–H and O–H groups in total. The van der Waals surface area contributed by atoms with Crippen molar-refractivity contribution in [2.24, 2.45) is 0 Å². The van der Waals surface area contributed by atoms with Crippen molar-refractivity contribution in [1.29, 1.82) is 0 Å². The average molecular weight is 344 g/mol. The van der Waals surface area contributed by atoms with E-state index in [1.54, 1.807) is 18.3 Å². The molecular formula is C17H18F2N6. The van der Waals surface area contributed by atoms with E-state index in [1.807, 2.05) is 20.8 Å². The van der Waals surface area contributed by atoms with Gasteiger partial charge in [0.1, 0.15) is 11.5 Å². The van der Waals surface area contributed by atoms with Crippen LogP contribution in [0.2, 0.25) is 0 Å². The van der Waals surface area contributed by atoms with E-state index in [0.717, 1.165) is 0 Å². The summed E-state index contributed by atoms with van der Waals surface area (Å²) in [7, 11) is 0. The van der Waals surface area contributed by atoms with Crippen molar-refractivity contribution < 1.29 is 8.78 Å². The molecule has 2 heterocycles. The average Bonchev–Trinajstić information content (AvgIpc) is 3.01. The molecule has 1 aromatic carbocycles. The fourth-order valence-corrected chi connectivity index (χ4v) is 2.36. The van der Waals surface area contributed by atoms with Gasteiger partial charge in [-0.15, -0.1) is 5.10 Å². The first-order valence-electron chi connectivity index (χ1n) is 7.75. The third-order valence-corrected chi connectivity index (χ3v) is 3.49. The van der Waals surface area contributed by atoms with Gasteiger partial charge in [-0.2, -0.15) is 4.68 Å². The summed E-state index contributed by atoms with van der Waals surface area (Å²) in [5, 5.41) is 14.7. The van der Waals surface area contributed by atoms with E-state index in [2.05, 4.69) is 25.8 Å². The highest BCUT2D eigenvalue weighted by Gasteiger charge is 2.21. The fourth-order valence-electron chi connectivity index (χ4n) is 2.36. The Balaban J connectivity index is 2.15. The summed E-state index contributed by atoms with van der Waals surface area (Å²) in [5.74, 6) is -1.10. The van der Waals surface area contributed by atoms with Crippen LogP contribution in [0.15, 0.2) is 30.5 Å². The number of nitrogens with one attached hydrogen (secondary N) is 1. The zero-order valence-electron chi connectivity index (χ0n) is 14.4. The van der Waals surface area contributed by atoms with Crippen molar-refractivity contribution in [3.8, 4) is 17.1 Å². The molecule has 0 atom stereocenters. The molecule has 8 heteroatoms. The highest BCUT2D eigenvalue weighted by molar-refractivity contribution is 5.71. The monoisotopic (exact) mass is 344 g/mol. The molecule has 0 saturated heterocycles. The first-order valence-corrected chi connectivity index (χ1v) is 7.75. The SMILES string of the molecule is Cc1ccc(-n2nnnc2-c2cccnc2NC(C)(C)C)c(F)c1F. The van der Waals surface area contributed by atoms with Crippen molar-refractivity contribution in [2.75, 3.05) is 5.32 Å². The highest BCUT2D eigenvalue weighted by Crippen LogP contribution is 2.29. The zero-order chi connectivity index (χ0) is 18.2. The van der Waals surface area contributed by atoms with E-state index in [-0.39, 0.29) is 22.6 Å². The highest BCUT2D eigenvalue weighted by atomic mass is 19.2. The van der Waals surface area contributed by atoms with Gasteiger partial charge < -0.3 is 5.32 Å². The van der Waals surface area contributed by atoms with Crippen LogP contribution < -0.4 is 5.32 Å². The summed E-state index contributed by atoms with van der Waals surface area (Å²) < 4.78 is 29.5. The van der Waals surface area contributed by atoms with Gasteiger partial charge in [-0.05, 0) is 61.9 Å². The smallest absolute Gasteiger partial charge is 0.190 e. The van der Waals surface area contributed by atoms with Gasteiger partial charge in [0.15, 0.2) is 17.5 Å². The van der Waals surface area contributed by atoms with E-state index < -0.39 is 11.6 Å². The predicted molar refractivity (Wildman–Crippen MR) is 90.4 cm³/mol. The van der Waals surface area contributed by atoms with Crippen LogP contribution in [-0.4, -0.2) is 30.7 Å². The molecule has 0 unspecified atom stereocenters. The molecule has 0 aliphatic rings. The van der Waals surface area contributed by atoms with Gasteiger partial charge in [-0.3, -0.25) is 0 Å². The van der Waals surface area contributed by atoms with Crippen LogP contribution in [0.1, 0.15) is 26.3 Å². The van der Waals surface area contributed by atoms with Crippen LogP contribution >= 0.6 is 0 Å². The molecule has 0 radical (unpaired) electrons. The van der Waals surface area contributed by atoms with E-state index in [0.29, 0.717) is 11.4 Å². The normalized spacial score (nSPS) is 11.6. The zero-order valence-corrected chi connectivity index (χ0v) is 14.4. The molecule has 0 amide bonds. The van der Waals surface area contributed by atoms with Crippen LogP contribution in [-0.2, 0) is 0 Å². The Morgan fingerprint density at radius 3 is 2.56 bits per heavy atom. The molecule has 0 bridgehead atoms. The number of rotatable bonds is 3. The minimum atomic E-state index is -0.997. The Kier molecular flexibility index (Phi) is 4.20. The standard InChI is InChI=1S/C17H18F2N6/c1-10-7-8-12(14(19)13(10)18)25-16(22-23-24-25)11-6-5-9-20-15(11)21-17(2,3)4/h5-9H,1-4H3,(H,20,21). The van der Waals surface area contributed by atoms with Crippen LogP contribution in [0.3, 0.4) is 0 Å². The van der Waals surface area contributed by atoms with Gasteiger partial charge in [0.05, 0.1) is 5.56 Å².